The zero-order chi connectivity index (χ0) is 20.0. The van der Waals surface area contributed by atoms with Crippen LogP contribution in [0.5, 0.6) is 11.5 Å². The molecule has 0 radical (unpaired) electrons. The molecule has 1 saturated heterocycles. The molecule has 1 aromatic heterocycles. The van der Waals surface area contributed by atoms with Gasteiger partial charge in [-0.15, -0.1) is 0 Å². The summed E-state index contributed by atoms with van der Waals surface area (Å²) in [6, 6.07) is 3.73. The summed E-state index contributed by atoms with van der Waals surface area (Å²) in [5.41, 5.74) is 0.776. The van der Waals surface area contributed by atoms with E-state index < -0.39 is 9.84 Å². The summed E-state index contributed by atoms with van der Waals surface area (Å²) < 4.78 is 35.0. The van der Waals surface area contributed by atoms with Crippen molar-refractivity contribution >= 4 is 26.6 Å². The van der Waals surface area contributed by atoms with Crippen molar-refractivity contribution in [3.63, 3.8) is 0 Å². The van der Waals surface area contributed by atoms with Crippen molar-refractivity contribution in [3.05, 3.63) is 18.5 Å². The maximum atomic E-state index is 11.8. The normalized spacial score (nSPS) is 15.0. The number of anilines is 1. The van der Waals surface area contributed by atoms with Crippen molar-refractivity contribution in [1.29, 1.82) is 0 Å². The summed E-state index contributed by atoms with van der Waals surface area (Å²) in [7, 11) is -1.41. The van der Waals surface area contributed by atoms with Gasteiger partial charge in [-0.25, -0.2) is 18.4 Å². The number of nitrogens with one attached hydrogen (secondary N) is 1. The number of sulfone groups is 1. The SMILES string of the molecule is CCCS(=O)(=O)CCCOc1cc2ncnc(N3CCNCC3)c2cc1OC. The number of hydrogen-bond acceptors (Lipinski definition) is 8. The van der Waals surface area contributed by atoms with E-state index in [9.17, 15) is 8.42 Å². The standard InChI is InChI=1S/C19H28N4O4S/c1-3-10-28(24,25)11-4-9-27-18-13-16-15(12-17(18)26-2)19(22-14-21-16)23-7-5-20-6-8-23/h12-14,20H,3-11H2,1-2H3. The van der Waals surface area contributed by atoms with Gasteiger partial charge in [0.05, 0.1) is 25.0 Å². The lowest BCUT2D eigenvalue weighted by atomic mass is 10.2. The molecule has 28 heavy (non-hydrogen) atoms. The van der Waals surface area contributed by atoms with Gasteiger partial charge in [0.2, 0.25) is 0 Å². The van der Waals surface area contributed by atoms with Gasteiger partial charge in [-0.2, -0.15) is 0 Å². The van der Waals surface area contributed by atoms with E-state index in [1.807, 2.05) is 19.1 Å². The first-order valence-corrected chi connectivity index (χ1v) is 11.5. The largest absolute Gasteiger partial charge is 0.493 e. The van der Waals surface area contributed by atoms with Crippen molar-refractivity contribution < 1.29 is 17.9 Å². The van der Waals surface area contributed by atoms with Crippen LogP contribution in [-0.4, -0.2) is 69.8 Å². The molecule has 1 fully saturated rings. The van der Waals surface area contributed by atoms with Gasteiger partial charge >= 0.3 is 0 Å². The highest BCUT2D eigenvalue weighted by Gasteiger charge is 2.18. The number of nitrogens with zero attached hydrogens (tertiary/aromatic N) is 3. The van der Waals surface area contributed by atoms with Gasteiger partial charge in [0.1, 0.15) is 22.0 Å². The van der Waals surface area contributed by atoms with Crippen molar-refractivity contribution in [2.45, 2.75) is 19.8 Å². The van der Waals surface area contributed by atoms with Gasteiger partial charge in [-0.3, -0.25) is 0 Å². The molecular weight excluding hydrogens is 380 g/mol. The molecule has 154 valence electrons. The average Bonchev–Trinajstić information content (AvgIpc) is 2.70. The Kier molecular flexibility index (Phi) is 6.90. The molecule has 1 aliphatic heterocycles. The average molecular weight is 409 g/mol. The van der Waals surface area contributed by atoms with E-state index in [0.717, 1.165) is 42.9 Å². The van der Waals surface area contributed by atoms with Gasteiger partial charge < -0.3 is 19.7 Å². The maximum absolute atomic E-state index is 11.8. The van der Waals surface area contributed by atoms with Crippen molar-refractivity contribution in [1.82, 2.24) is 15.3 Å². The second-order valence-electron chi connectivity index (χ2n) is 6.81. The van der Waals surface area contributed by atoms with Crippen molar-refractivity contribution in [2.75, 3.05) is 56.3 Å². The predicted octanol–water partition coefficient (Wildman–Crippen LogP) is 1.64. The highest BCUT2D eigenvalue weighted by Crippen LogP contribution is 2.35. The summed E-state index contributed by atoms with van der Waals surface area (Å²) in [5, 5.41) is 4.25. The van der Waals surface area contributed by atoms with Crippen LogP contribution in [0.15, 0.2) is 18.5 Å². The van der Waals surface area contributed by atoms with E-state index in [0.29, 0.717) is 30.9 Å². The fraction of sp³-hybridized carbons (Fsp3) is 0.579. The maximum Gasteiger partial charge on any atom is 0.163 e. The molecule has 0 saturated carbocycles. The molecule has 1 N–H and O–H groups in total. The highest BCUT2D eigenvalue weighted by atomic mass is 32.2. The van der Waals surface area contributed by atoms with Gasteiger partial charge in [0.15, 0.2) is 11.5 Å². The van der Waals surface area contributed by atoms with Gasteiger partial charge in [-0.05, 0) is 18.9 Å². The lowest BCUT2D eigenvalue weighted by Gasteiger charge is -2.29. The van der Waals surface area contributed by atoms with Crippen LogP contribution in [0, 0.1) is 0 Å². The Labute approximate surface area is 166 Å². The molecule has 1 aliphatic rings. The molecule has 2 heterocycles. The fourth-order valence-electron chi connectivity index (χ4n) is 3.33. The third-order valence-electron chi connectivity index (χ3n) is 4.69. The molecule has 0 aliphatic carbocycles. The lowest BCUT2D eigenvalue weighted by Crippen LogP contribution is -2.44. The Morgan fingerprint density at radius 2 is 1.93 bits per heavy atom. The van der Waals surface area contributed by atoms with E-state index in [4.69, 9.17) is 9.47 Å². The van der Waals surface area contributed by atoms with Crippen molar-refractivity contribution in [2.24, 2.45) is 0 Å². The van der Waals surface area contributed by atoms with Crippen LogP contribution in [0.25, 0.3) is 10.9 Å². The number of hydrogen-bond donors (Lipinski definition) is 1. The third kappa shape index (κ3) is 5.02. The van der Waals surface area contributed by atoms with Crippen molar-refractivity contribution in [3.8, 4) is 11.5 Å². The number of benzene rings is 1. The first kappa shape index (κ1) is 20.6. The van der Waals surface area contributed by atoms with Gasteiger partial charge in [0.25, 0.3) is 0 Å². The van der Waals surface area contributed by atoms with Crippen LogP contribution in [0.3, 0.4) is 0 Å². The molecule has 9 heteroatoms. The number of fused-ring (bicyclic) bond motifs is 1. The van der Waals surface area contributed by atoms with Crippen LogP contribution in [-0.2, 0) is 9.84 Å². The van der Waals surface area contributed by atoms with E-state index >= 15 is 0 Å². The summed E-state index contributed by atoms with van der Waals surface area (Å²) in [5.74, 6) is 2.40. The summed E-state index contributed by atoms with van der Waals surface area (Å²) in [6.07, 6.45) is 2.64. The zero-order valence-corrected chi connectivity index (χ0v) is 17.3. The van der Waals surface area contributed by atoms with E-state index in [-0.39, 0.29) is 11.5 Å². The summed E-state index contributed by atoms with van der Waals surface area (Å²) >= 11 is 0. The number of rotatable bonds is 9. The van der Waals surface area contributed by atoms with Crippen LogP contribution < -0.4 is 19.7 Å². The monoisotopic (exact) mass is 408 g/mol. The molecule has 1 aromatic carbocycles. The summed E-state index contributed by atoms with van der Waals surface area (Å²) in [4.78, 5) is 11.1. The molecule has 3 rings (SSSR count). The smallest absolute Gasteiger partial charge is 0.163 e. The molecule has 0 bridgehead atoms. The molecular formula is C19H28N4O4S. The molecule has 0 atom stereocenters. The van der Waals surface area contributed by atoms with Crippen LogP contribution in [0.2, 0.25) is 0 Å². The Morgan fingerprint density at radius 3 is 2.64 bits per heavy atom. The minimum Gasteiger partial charge on any atom is -0.493 e. The first-order chi connectivity index (χ1) is 13.5. The predicted molar refractivity (Wildman–Crippen MR) is 110 cm³/mol. The van der Waals surface area contributed by atoms with Crippen LogP contribution in [0.4, 0.5) is 5.82 Å². The second kappa shape index (κ2) is 9.38. The van der Waals surface area contributed by atoms with Crippen LogP contribution >= 0.6 is 0 Å². The van der Waals surface area contributed by atoms with E-state index in [1.54, 1.807) is 13.4 Å². The summed E-state index contributed by atoms with van der Waals surface area (Å²) in [6.45, 7) is 5.79. The minimum absolute atomic E-state index is 0.131. The Hall–Kier alpha value is -2.13. The Balaban J connectivity index is 1.76. The highest BCUT2D eigenvalue weighted by molar-refractivity contribution is 7.91. The van der Waals surface area contributed by atoms with Gasteiger partial charge in [-0.1, -0.05) is 6.92 Å². The topological polar surface area (TPSA) is 93.7 Å². The van der Waals surface area contributed by atoms with Gasteiger partial charge in [0, 0.05) is 43.4 Å². The number of methoxy groups -OCH3 is 1. The lowest BCUT2D eigenvalue weighted by molar-refractivity contribution is 0.295. The molecule has 0 amide bonds. The van der Waals surface area contributed by atoms with Crippen LogP contribution in [0.1, 0.15) is 19.8 Å². The Bertz CT molecular complexity index is 898. The molecule has 0 unspecified atom stereocenters. The molecule has 2 aromatic rings. The number of aromatic nitrogens is 2. The first-order valence-electron chi connectivity index (χ1n) is 9.65. The molecule has 8 nitrogen and oxygen atoms in total. The van der Waals surface area contributed by atoms with E-state index in [2.05, 4.69) is 20.2 Å². The molecule has 0 spiro atoms. The number of ether oxygens (including phenoxy) is 2. The Morgan fingerprint density at radius 1 is 1.14 bits per heavy atom. The third-order valence-corrected chi connectivity index (χ3v) is 6.63. The fourth-order valence-corrected chi connectivity index (χ4v) is 4.71. The quantitative estimate of drug-likeness (QED) is 0.626. The zero-order valence-electron chi connectivity index (χ0n) is 16.5. The second-order valence-corrected chi connectivity index (χ2v) is 9.11. The van der Waals surface area contributed by atoms with E-state index in [1.165, 1.54) is 0 Å². The minimum atomic E-state index is -3.00. The number of piperazine rings is 1.